The highest BCUT2D eigenvalue weighted by Gasteiger charge is 2.03. The van der Waals surface area contributed by atoms with Crippen molar-refractivity contribution in [2.45, 2.75) is 0 Å². The van der Waals surface area contributed by atoms with E-state index in [1.165, 1.54) is 11.3 Å². The molecule has 0 aliphatic heterocycles. The summed E-state index contributed by atoms with van der Waals surface area (Å²) in [6, 6.07) is 3.69. The summed E-state index contributed by atoms with van der Waals surface area (Å²) in [6.07, 6.45) is 0. The van der Waals surface area contributed by atoms with Gasteiger partial charge in [0.1, 0.15) is 6.07 Å². The lowest BCUT2D eigenvalue weighted by Crippen LogP contribution is -2.23. The predicted molar refractivity (Wildman–Crippen MR) is 48.4 cm³/mol. The van der Waals surface area contributed by atoms with Crippen molar-refractivity contribution in [3.05, 3.63) is 28.1 Å². The molecule has 1 rings (SSSR count). The van der Waals surface area contributed by atoms with Gasteiger partial charge < -0.3 is 11.2 Å². The third-order valence-electron chi connectivity index (χ3n) is 1.36. The van der Waals surface area contributed by atoms with E-state index in [1.807, 2.05) is 22.9 Å². The molecule has 0 aliphatic rings. The third kappa shape index (κ3) is 1.56. The van der Waals surface area contributed by atoms with Crippen LogP contribution < -0.4 is 17.0 Å². The van der Waals surface area contributed by atoms with Crippen LogP contribution >= 0.6 is 11.3 Å². The van der Waals surface area contributed by atoms with Crippen LogP contribution in [0, 0.1) is 11.3 Å². The van der Waals surface area contributed by atoms with Crippen LogP contribution in [0.15, 0.2) is 22.5 Å². The second-order valence-electron chi connectivity index (χ2n) is 2.06. The molecule has 0 bridgehead atoms. The number of nitriles is 1. The molecule has 1 aromatic rings. The molecule has 0 atom stereocenters. The first-order valence-corrected chi connectivity index (χ1v) is 4.13. The lowest BCUT2D eigenvalue weighted by atomic mass is 10.2. The summed E-state index contributed by atoms with van der Waals surface area (Å²) in [5.74, 6) is 5.08. The fourth-order valence-electron chi connectivity index (χ4n) is 0.732. The summed E-state index contributed by atoms with van der Waals surface area (Å²) in [6.45, 7) is 0. The van der Waals surface area contributed by atoms with Gasteiger partial charge in [-0.25, -0.2) is 5.84 Å². The monoisotopic (exact) mass is 180 g/mol. The van der Waals surface area contributed by atoms with Crippen molar-refractivity contribution in [3.63, 3.8) is 0 Å². The SMILES string of the molecule is N#C/C(NN)=C(/N)c1ccsc1. The van der Waals surface area contributed by atoms with Gasteiger partial charge in [0, 0.05) is 10.9 Å². The number of thiophene rings is 1. The molecule has 0 aromatic carbocycles. The van der Waals surface area contributed by atoms with E-state index in [2.05, 4.69) is 5.43 Å². The maximum absolute atomic E-state index is 8.57. The highest BCUT2D eigenvalue weighted by molar-refractivity contribution is 7.08. The maximum Gasteiger partial charge on any atom is 0.151 e. The topological polar surface area (TPSA) is 87.9 Å². The Morgan fingerprint density at radius 3 is 2.83 bits per heavy atom. The number of nitrogens with one attached hydrogen (secondary N) is 1. The molecule has 0 amide bonds. The van der Waals surface area contributed by atoms with Gasteiger partial charge in [0.15, 0.2) is 5.70 Å². The number of hydrogen-bond acceptors (Lipinski definition) is 5. The van der Waals surface area contributed by atoms with Crippen LogP contribution in [0.4, 0.5) is 0 Å². The quantitative estimate of drug-likeness (QED) is 0.348. The van der Waals surface area contributed by atoms with Crippen molar-refractivity contribution in [3.8, 4) is 6.07 Å². The Hall–Kier alpha value is -1.51. The van der Waals surface area contributed by atoms with Crippen molar-refractivity contribution in [1.29, 1.82) is 5.26 Å². The van der Waals surface area contributed by atoms with E-state index in [0.717, 1.165) is 5.56 Å². The third-order valence-corrected chi connectivity index (χ3v) is 2.04. The number of nitrogens with two attached hydrogens (primary N) is 2. The van der Waals surface area contributed by atoms with Crippen molar-refractivity contribution in [2.24, 2.45) is 11.6 Å². The van der Waals surface area contributed by atoms with Crippen molar-refractivity contribution in [2.75, 3.05) is 0 Å². The zero-order chi connectivity index (χ0) is 8.97. The first-order chi connectivity index (χ1) is 5.79. The smallest absolute Gasteiger partial charge is 0.151 e. The van der Waals surface area contributed by atoms with Crippen LogP contribution in [0.1, 0.15) is 5.56 Å². The molecule has 0 unspecified atom stereocenters. The summed E-state index contributed by atoms with van der Waals surface area (Å²) < 4.78 is 0. The summed E-state index contributed by atoms with van der Waals surface area (Å²) in [7, 11) is 0. The van der Waals surface area contributed by atoms with Gasteiger partial charge in [-0.2, -0.15) is 16.6 Å². The number of hydrogen-bond donors (Lipinski definition) is 3. The Balaban J connectivity index is 3.05. The van der Waals surface area contributed by atoms with Gasteiger partial charge in [0.25, 0.3) is 0 Å². The van der Waals surface area contributed by atoms with Gasteiger partial charge in [0.05, 0.1) is 5.70 Å². The fourth-order valence-corrected chi connectivity index (χ4v) is 1.39. The first-order valence-electron chi connectivity index (χ1n) is 3.18. The van der Waals surface area contributed by atoms with Crippen LogP contribution in [0.3, 0.4) is 0 Å². The van der Waals surface area contributed by atoms with E-state index in [0.29, 0.717) is 5.70 Å². The van der Waals surface area contributed by atoms with Gasteiger partial charge in [0.2, 0.25) is 0 Å². The molecule has 12 heavy (non-hydrogen) atoms. The summed E-state index contributed by atoms with van der Waals surface area (Å²) in [5, 5.41) is 12.3. The number of hydrazine groups is 1. The molecule has 0 spiro atoms. The Labute approximate surface area is 74.1 Å². The highest BCUT2D eigenvalue weighted by Crippen LogP contribution is 2.14. The highest BCUT2D eigenvalue weighted by atomic mass is 32.1. The minimum Gasteiger partial charge on any atom is -0.396 e. The van der Waals surface area contributed by atoms with Crippen molar-refractivity contribution >= 4 is 17.0 Å². The Morgan fingerprint density at radius 2 is 2.42 bits per heavy atom. The normalized spacial score (nSPS) is 11.7. The number of allylic oxidation sites excluding steroid dienone is 1. The second kappa shape index (κ2) is 3.76. The van der Waals surface area contributed by atoms with E-state index < -0.39 is 0 Å². The van der Waals surface area contributed by atoms with E-state index in [4.69, 9.17) is 16.8 Å². The lowest BCUT2D eigenvalue weighted by molar-refractivity contribution is 0.920. The van der Waals surface area contributed by atoms with E-state index in [9.17, 15) is 0 Å². The minimum absolute atomic E-state index is 0.188. The molecule has 62 valence electrons. The molecule has 0 saturated carbocycles. The van der Waals surface area contributed by atoms with E-state index in [-0.39, 0.29) is 5.70 Å². The van der Waals surface area contributed by atoms with E-state index >= 15 is 0 Å². The minimum atomic E-state index is 0.188. The Morgan fingerprint density at radius 1 is 1.67 bits per heavy atom. The molecule has 5 heteroatoms. The summed E-state index contributed by atoms with van der Waals surface area (Å²) in [4.78, 5) is 0. The number of nitrogens with zero attached hydrogens (tertiary/aromatic N) is 1. The summed E-state index contributed by atoms with van der Waals surface area (Å²) >= 11 is 1.51. The van der Waals surface area contributed by atoms with Crippen LogP contribution in [0.25, 0.3) is 5.70 Å². The van der Waals surface area contributed by atoms with Gasteiger partial charge in [-0.1, -0.05) is 0 Å². The van der Waals surface area contributed by atoms with Gasteiger partial charge >= 0.3 is 0 Å². The maximum atomic E-state index is 8.57. The second-order valence-corrected chi connectivity index (χ2v) is 2.84. The standard InChI is InChI=1S/C7H8N4S/c8-3-6(11-10)7(9)5-1-2-12-4-5/h1-2,4,11H,9-10H2/b7-6-. The largest absolute Gasteiger partial charge is 0.396 e. The van der Waals surface area contributed by atoms with Crippen LogP contribution in [-0.2, 0) is 0 Å². The van der Waals surface area contributed by atoms with Gasteiger partial charge in [-0.15, -0.1) is 0 Å². The molecule has 0 saturated heterocycles. The molecule has 0 aliphatic carbocycles. The molecule has 1 aromatic heterocycles. The Kier molecular flexibility index (Phi) is 2.69. The molecule has 0 fully saturated rings. The van der Waals surface area contributed by atoms with Crippen LogP contribution in [-0.4, -0.2) is 0 Å². The molecular weight excluding hydrogens is 172 g/mol. The lowest BCUT2D eigenvalue weighted by Gasteiger charge is -2.01. The molecule has 5 N–H and O–H groups in total. The zero-order valence-electron chi connectivity index (χ0n) is 6.24. The average molecular weight is 180 g/mol. The van der Waals surface area contributed by atoms with Gasteiger partial charge in [-0.05, 0) is 11.4 Å². The predicted octanol–water partition coefficient (Wildman–Crippen LogP) is 0.362. The summed E-state index contributed by atoms with van der Waals surface area (Å²) in [5.41, 5.74) is 9.24. The average Bonchev–Trinajstić information content (AvgIpc) is 2.58. The van der Waals surface area contributed by atoms with Crippen LogP contribution in [0.2, 0.25) is 0 Å². The molecule has 4 nitrogen and oxygen atoms in total. The van der Waals surface area contributed by atoms with Gasteiger partial charge in [-0.3, -0.25) is 0 Å². The van der Waals surface area contributed by atoms with Crippen molar-refractivity contribution in [1.82, 2.24) is 5.43 Å². The molecule has 0 radical (unpaired) electrons. The molecule has 1 heterocycles. The van der Waals surface area contributed by atoms with Crippen molar-refractivity contribution < 1.29 is 0 Å². The molecular formula is C7H8N4S. The zero-order valence-corrected chi connectivity index (χ0v) is 7.06. The fraction of sp³-hybridized carbons (Fsp3) is 0. The first kappa shape index (κ1) is 8.59. The Bertz CT molecular complexity index is 320. The number of rotatable bonds is 2. The van der Waals surface area contributed by atoms with E-state index in [1.54, 1.807) is 0 Å². The van der Waals surface area contributed by atoms with Crippen LogP contribution in [0.5, 0.6) is 0 Å².